The van der Waals surface area contributed by atoms with Crippen molar-refractivity contribution in [1.82, 2.24) is 9.97 Å². The molecule has 2 rings (SSSR count). The summed E-state index contributed by atoms with van der Waals surface area (Å²) in [4.78, 5) is 8.29. The Bertz CT molecular complexity index is 412. The number of pyridine rings is 2. The van der Waals surface area contributed by atoms with E-state index in [1.807, 2.05) is 37.3 Å². The molecule has 0 radical (unpaired) electrons. The van der Waals surface area contributed by atoms with Gasteiger partial charge in [-0.15, -0.1) is 0 Å². The predicted molar refractivity (Wildman–Crippen MR) is 56.5 cm³/mol. The first kappa shape index (κ1) is 8.69. The van der Waals surface area contributed by atoms with Crippen LogP contribution < -0.4 is 5.32 Å². The van der Waals surface area contributed by atoms with E-state index in [-0.39, 0.29) is 0 Å². The maximum Gasteiger partial charge on any atom is 0.130 e. The van der Waals surface area contributed by atoms with Gasteiger partial charge in [0.1, 0.15) is 5.82 Å². The monoisotopic (exact) mass is 185 g/mol. The van der Waals surface area contributed by atoms with E-state index in [4.69, 9.17) is 0 Å². The van der Waals surface area contributed by atoms with Crippen molar-refractivity contribution in [3.8, 4) is 0 Å². The van der Waals surface area contributed by atoms with E-state index in [9.17, 15) is 0 Å². The molecule has 0 saturated carbocycles. The zero-order valence-electron chi connectivity index (χ0n) is 7.94. The molecule has 0 fully saturated rings. The maximum atomic E-state index is 4.17. The minimum absolute atomic E-state index is 0.845. The van der Waals surface area contributed by atoms with Gasteiger partial charge in [0.25, 0.3) is 0 Å². The lowest BCUT2D eigenvalue weighted by Gasteiger charge is -2.04. The molecule has 2 aromatic rings. The zero-order valence-corrected chi connectivity index (χ0v) is 7.94. The van der Waals surface area contributed by atoms with Crippen LogP contribution in [0.15, 0.2) is 42.7 Å². The van der Waals surface area contributed by atoms with Crippen LogP contribution in [-0.4, -0.2) is 9.97 Å². The number of nitrogens with zero attached hydrogens (tertiary/aromatic N) is 2. The van der Waals surface area contributed by atoms with Gasteiger partial charge >= 0.3 is 0 Å². The second-order valence-electron chi connectivity index (χ2n) is 3.03. The van der Waals surface area contributed by atoms with Crippen molar-refractivity contribution in [2.75, 3.05) is 5.32 Å². The van der Waals surface area contributed by atoms with Crippen LogP contribution in [0.2, 0.25) is 0 Å². The third-order valence-electron chi connectivity index (χ3n) is 1.83. The number of rotatable bonds is 2. The fraction of sp³-hybridized carbons (Fsp3) is 0.0909. The lowest BCUT2D eigenvalue weighted by molar-refractivity contribution is 1.20. The molecule has 3 heteroatoms. The van der Waals surface area contributed by atoms with Crippen LogP contribution in [0, 0.1) is 6.92 Å². The van der Waals surface area contributed by atoms with Crippen molar-refractivity contribution in [3.63, 3.8) is 0 Å². The second kappa shape index (κ2) is 3.87. The van der Waals surface area contributed by atoms with Gasteiger partial charge < -0.3 is 5.32 Å². The van der Waals surface area contributed by atoms with Gasteiger partial charge in [-0.1, -0.05) is 6.07 Å². The molecule has 0 aliphatic heterocycles. The third-order valence-corrected chi connectivity index (χ3v) is 1.83. The molecule has 0 aromatic carbocycles. The first-order valence-corrected chi connectivity index (χ1v) is 4.45. The molecule has 0 amide bonds. The molecule has 0 aliphatic carbocycles. The summed E-state index contributed by atoms with van der Waals surface area (Å²) in [6, 6.07) is 9.67. The van der Waals surface area contributed by atoms with Crippen LogP contribution in [-0.2, 0) is 0 Å². The van der Waals surface area contributed by atoms with E-state index in [2.05, 4.69) is 15.3 Å². The van der Waals surface area contributed by atoms with Gasteiger partial charge in [-0.05, 0) is 31.2 Å². The van der Waals surface area contributed by atoms with Gasteiger partial charge in [0.2, 0.25) is 0 Å². The van der Waals surface area contributed by atoms with E-state index in [1.165, 1.54) is 0 Å². The molecule has 0 unspecified atom stereocenters. The Balaban J connectivity index is 2.19. The third kappa shape index (κ3) is 2.07. The summed E-state index contributed by atoms with van der Waals surface area (Å²) in [6.07, 6.45) is 3.54. The van der Waals surface area contributed by atoms with Gasteiger partial charge in [-0.3, -0.25) is 4.98 Å². The minimum atomic E-state index is 0.845. The van der Waals surface area contributed by atoms with Crippen molar-refractivity contribution in [3.05, 3.63) is 48.4 Å². The predicted octanol–water partition coefficient (Wildman–Crippen LogP) is 2.53. The Kier molecular flexibility index (Phi) is 2.40. The molecule has 3 nitrogen and oxygen atoms in total. The first-order chi connectivity index (χ1) is 6.84. The number of aryl methyl sites for hydroxylation is 1. The minimum Gasteiger partial charge on any atom is -0.340 e. The van der Waals surface area contributed by atoms with Crippen molar-refractivity contribution >= 4 is 11.5 Å². The lowest BCUT2D eigenvalue weighted by atomic mass is 10.3. The summed E-state index contributed by atoms with van der Waals surface area (Å²) in [7, 11) is 0. The first-order valence-electron chi connectivity index (χ1n) is 4.45. The average Bonchev–Trinajstić information content (AvgIpc) is 2.19. The second-order valence-corrected chi connectivity index (χ2v) is 3.03. The summed E-state index contributed by atoms with van der Waals surface area (Å²) in [5.41, 5.74) is 2.00. The van der Waals surface area contributed by atoms with Crippen molar-refractivity contribution in [2.24, 2.45) is 0 Å². The van der Waals surface area contributed by atoms with Crippen LogP contribution in [0.25, 0.3) is 0 Å². The highest BCUT2D eigenvalue weighted by Crippen LogP contribution is 2.13. The number of anilines is 2. The summed E-state index contributed by atoms with van der Waals surface area (Å²) in [5, 5.41) is 3.19. The molecule has 2 heterocycles. The average molecular weight is 185 g/mol. The maximum absolute atomic E-state index is 4.17. The molecule has 2 aromatic heterocycles. The van der Waals surface area contributed by atoms with Gasteiger partial charge in [-0.2, -0.15) is 0 Å². The topological polar surface area (TPSA) is 37.8 Å². The van der Waals surface area contributed by atoms with E-state index < -0.39 is 0 Å². The lowest BCUT2D eigenvalue weighted by Crippen LogP contribution is -1.93. The summed E-state index contributed by atoms with van der Waals surface area (Å²) in [5.74, 6) is 0.845. The molecule has 1 N–H and O–H groups in total. The highest BCUT2D eigenvalue weighted by atomic mass is 15.0. The van der Waals surface area contributed by atoms with Gasteiger partial charge in [0, 0.05) is 23.8 Å². The smallest absolute Gasteiger partial charge is 0.130 e. The van der Waals surface area contributed by atoms with E-state index in [0.717, 1.165) is 17.2 Å². The Morgan fingerprint density at radius 1 is 1.07 bits per heavy atom. The molecule has 70 valence electrons. The van der Waals surface area contributed by atoms with E-state index >= 15 is 0 Å². The fourth-order valence-electron chi connectivity index (χ4n) is 1.21. The van der Waals surface area contributed by atoms with Crippen LogP contribution in [0.5, 0.6) is 0 Å². The Labute approximate surface area is 82.8 Å². The molecule has 0 atom stereocenters. The van der Waals surface area contributed by atoms with E-state index in [0.29, 0.717) is 0 Å². The van der Waals surface area contributed by atoms with E-state index in [1.54, 1.807) is 12.4 Å². The number of aromatic nitrogens is 2. The summed E-state index contributed by atoms with van der Waals surface area (Å²) in [6.45, 7) is 1.96. The van der Waals surface area contributed by atoms with Crippen molar-refractivity contribution < 1.29 is 0 Å². The van der Waals surface area contributed by atoms with Gasteiger partial charge in [0.15, 0.2) is 0 Å². The number of nitrogens with one attached hydrogen (secondary N) is 1. The molecule has 0 saturated heterocycles. The molecular weight excluding hydrogens is 174 g/mol. The van der Waals surface area contributed by atoms with Crippen LogP contribution in [0.3, 0.4) is 0 Å². The Morgan fingerprint density at radius 2 is 2.00 bits per heavy atom. The van der Waals surface area contributed by atoms with Crippen LogP contribution in [0.4, 0.5) is 11.5 Å². The summed E-state index contributed by atoms with van der Waals surface area (Å²) >= 11 is 0. The fourth-order valence-corrected chi connectivity index (χ4v) is 1.21. The number of hydrogen-bond acceptors (Lipinski definition) is 3. The highest BCUT2D eigenvalue weighted by molar-refractivity contribution is 5.55. The molecule has 0 bridgehead atoms. The Morgan fingerprint density at radius 3 is 2.71 bits per heavy atom. The van der Waals surface area contributed by atoms with Crippen molar-refractivity contribution in [1.29, 1.82) is 0 Å². The summed E-state index contributed by atoms with van der Waals surface area (Å²) < 4.78 is 0. The van der Waals surface area contributed by atoms with Crippen LogP contribution in [0.1, 0.15) is 5.69 Å². The SMILES string of the molecule is Cc1cc(Nc2ccccn2)ccn1. The quantitative estimate of drug-likeness (QED) is 0.781. The van der Waals surface area contributed by atoms with Gasteiger partial charge in [-0.25, -0.2) is 4.98 Å². The molecular formula is C11H11N3. The molecule has 0 aliphatic rings. The van der Waals surface area contributed by atoms with Crippen molar-refractivity contribution in [2.45, 2.75) is 6.92 Å². The normalized spacial score (nSPS) is 9.79. The Hall–Kier alpha value is -1.90. The molecule has 14 heavy (non-hydrogen) atoms. The van der Waals surface area contributed by atoms with Gasteiger partial charge in [0.05, 0.1) is 0 Å². The molecule has 0 spiro atoms. The zero-order chi connectivity index (χ0) is 9.80. The van der Waals surface area contributed by atoms with Crippen LogP contribution >= 0.6 is 0 Å². The largest absolute Gasteiger partial charge is 0.340 e. The standard InChI is InChI=1S/C11H11N3/c1-9-8-10(5-7-12-9)14-11-4-2-3-6-13-11/h2-8H,1H3,(H,12,13,14). The highest BCUT2D eigenvalue weighted by Gasteiger charge is 1.94. The number of hydrogen-bond donors (Lipinski definition) is 1.